The molecule has 0 aliphatic carbocycles. The number of anilines is 1. The van der Waals surface area contributed by atoms with Crippen LogP contribution in [-0.2, 0) is 16.6 Å². The number of rotatable bonds is 6. The van der Waals surface area contributed by atoms with E-state index in [1.807, 2.05) is 6.92 Å². The summed E-state index contributed by atoms with van der Waals surface area (Å²) >= 11 is 7.08. The Morgan fingerprint density at radius 2 is 2.20 bits per heavy atom. The first-order valence-corrected chi connectivity index (χ1v) is 8.55. The Bertz CT molecular complexity index is 674. The fourth-order valence-corrected chi connectivity index (χ4v) is 3.76. The Morgan fingerprint density at radius 1 is 1.40 bits per heavy atom. The molecule has 2 aromatic rings. The van der Waals surface area contributed by atoms with Crippen molar-refractivity contribution < 1.29 is 8.42 Å². The maximum Gasteiger partial charge on any atom is 0.265 e. The van der Waals surface area contributed by atoms with E-state index >= 15 is 0 Å². The Morgan fingerprint density at radius 3 is 2.85 bits per heavy atom. The molecule has 2 N–H and O–H groups in total. The Kier molecular flexibility index (Phi) is 4.92. The average Bonchev–Trinajstić information content (AvgIpc) is 2.89. The molecule has 1 aromatic carbocycles. The van der Waals surface area contributed by atoms with Crippen molar-refractivity contribution in [2.75, 3.05) is 11.3 Å². The van der Waals surface area contributed by atoms with Crippen molar-refractivity contribution >= 4 is 38.1 Å². The van der Waals surface area contributed by atoms with Crippen LogP contribution in [0.4, 0.5) is 5.13 Å². The van der Waals surface area contributed by atoms with Gasteiger partial charge in [0.15, 0.2) is 0 Å². The van der Waals surface area contributed by atoms with Gasteiger partial charge in [-0.2, -0.15) is 0 Å². The van der Waals surface area contributed by atoms with Crippen LogP contribution in [0, 0.1) is 0 Å². The molecule has 0 aliphatic heterocycles. The van der Waals surface area contributed by atoms with E-state index in [1.54, 1.807) is 18.2 Å². The predicted octanol–water partition coefficient (Wildman–Crippen LogP) is 2.10. The monoisotopic (exact) mass is 332 g/mol. The van der Waals surface area contributed by atoms with Crippen molar-refractivity contribution in [3.63, 3.8) is 0 Å². The summed E-state index contributed by atoms with van der Waals surface area (Å²) in [5.41, 5.74) is 2.29. The molecule has 0 saturated heterocycles. The first kappa shape index (κ1) is 15.2. The molecule has 108 valence electrons. The second-order valence-corrected chi connectivity index (χ2v) is 6.79. The molecule has 0 bridgehead atoms. The molecule has 2 rings (SSSR count). The van der Waals surface area contributed by atoms with Gasteiger partial charge in [0.2, 0.25) is 5.13 Å². The summed E-state index contributed by atoms with van der Waals surface area (Å²) in [6, 6.07) is 4.91. The number of halogens is 1. The molecular formula is C11H13ClN4O2S2. The van der Waals surface area contributed by atoms with Crippen molar-refractivity contribution in [1.29, 1.82) is 0 Å². The van der Waals surface area contributed by atoms with Gasteiger partial charge in [-0.1, -0.05) is 35.9 Å². The molecule has 0 spiro atoms. The third kappa shape index (κ3) is 3.66. The lowest BCUT2D eigenvalue weighted by Crippen LogP contribution is -2.15. The van der Waals surface area contributed by atoms with E-state index in [-0.39, 0.29) is 15.0 Å². The predicted molar refractivity (Wildman–Crippen MR) is 79.6 cm³/mol. The van der Waals surface area contributed by atoms with Crippen LogP contribution < -0.4 is 10.0 Å². The average molecular weight is 333 g/mol. The normalized spacial score (nSPS) is 11.5. The number of benzene rings is 1. The van der Waals surface area contributed by atoms with Crippen LogP contribution in [-0.4, -0.2) is 25.2 Å². The summed E-state index contributed by atoms with van der Waals surface area (Å²) < 4.78 is 26.9. The van der Waals surface area contributed by atoms with Crippen molar-refractivity contribution in [2.45, 2.75) is 18.4 Å². The molecular weight excluding hydrogens is 320 g/mol. The second kappa shape index (κ2) is 6.49. The maximum absolute atomic E-state index is 12.3. The summed E-state index contributed by atoms with van der Waals surface area (Å²) in [5, 5.41) is 10.7. The van der Waals surface area contributed by atoms with Crippen LogP contribution in [0.3, 0.4) is 0 Å². The van der Waals surface area contributed by atoms with Crippen LogP contribution in [0.15, 0.2) is 28.6 Å². The third-order valence-electron chi connectivity index (χ3n) is 2.45. The third-order valence-corrected chi connectivity index (χ3v) is 5.00. The standard InChI is InChI=1S/C11H13ClN4O2S2/c1-2-13-6-8-3-4-9(12)10(5-8)20(17,18)16-11-15-14-7-19-11/h3-5,7,13H,2,6H2,1H3,(H,15,16). The van der Waals surface area contributed by atoms with Crippen molar-refractivity contribution in [2.24, 2.45) is 0 Å². The van der Waals surface area contributed by atoms with Gasteiger partial charge in [0.25, 0.3) is 10.0 Å². The van der Waals surface area contributed by atoms with Gasteiger partial charge in [0.1, 0.15) is 10.4 Å². The molecule has 9 heteroatoms. The van der Waals surface area contributed by atoms with E-state index in [0.29, 0.717) is 6.54 Å². The summed E-state index contributed by atoms with van der Waals surface area (Å²) in [7, 11) is -3.76. The second-order valence-electron chi connectivity index (χ2n) is 3.89. The van der Waals surface area contributed by atoms with Gasteiger partial charge in [-0.05, 0) is 24.2 Å². The summed E-state index contributed by atoms with van der Waals surface area (Å²) in [4.78, 5) is 0.0322. The highest BCUT2D eigenvalue weighted by molar-refractivity contribution is 7.93. The van der Waals surface area contributed by atoms with Gasteiger partial charge >= 0.3 is 0 Å². The fraction of sp³-hybridized carbons (Fsp3) is 0.273. The van der Waals surface area contributed by atoms with Gasteiger partial charge in [-0.3, -0.25) is 4.72 Å². The molecule has 0 aliphatic rings. The lowest BCUT2D eigenvalue weighted by Gasteiger charge is -2.09. The highest BCUT2D eigenvalue weighted by atomic mass is 35.5. The molecule has 6 nitrogen and oxygen atoms in total. The lowest BCUT2D eigenvalue weighted by atomic mass is 10.2. The molecule has 20 heavy (non-hydrogen) atoms. The molecule has 0 saturated carbocycles. The maximum atomic E-state index is 12.3. The quantitative estimate of drug-likeness (QED) is 0.846. The zero-order valence-electron chi connectivity index (χ0n) is 10.6. The van der Waals surface area contributed by atoms with Crippen LogP contribution >= 0.6 is 22.9 Å². The topological polar surface area (TPSA) is 84.0 Å². The molecule has 0 unspecified atom stereocenters. The molecule has 0 radical (unpaired) electrons. The Labute approximate surface area is 126 Å². The van der Waals surface area contributed by atoms with Gasteiger partial charge in [0.05, 0.1) is 5.02 Å². The highest BCUT2D eigenvalue weighted by Gasteiger charge is 2.19. The molecule has 0 amide bonds. The minimum Gasteiger partial charge on any atom is -0.313 e. The van der Waals surface area contributed by atoms with Gasteiger partial charge < -0.3 is 5.32 Å². The van der Waals surface area contributed by atoms with E-state index < -0.39 is 10.0 Å². The van der Waals surface area contributed by atoms with E-state index in [4.69, 9.17) is 11.6 Å². The number of aromatic nitrogens is 2. The Balaban J connectivity index is 2.30. The zero-order chi connectivity index (χ0) is 14.6. The Hall–Kier alpha value is -1.22. The molecule has 0 atom stereocenters. The summed E-state index contributed by atoms with van der Waals surface area (Å²) in [6.45, 7) is 3.35. The van der Waals surface area contributed by atoms with Crippen molar-refractivity contribution in [3.8, 4) is 0 Å². The van der Waals surface area contributed by atoms with E-state index in [9.17, 15) is 8.42 Å². The minimum absolute atomic E-state index is 0.0322. The molecule has 1 aromatic heterocycles. The summed E-state index contributed by atoms with van der Waals surface area (Å²) in [5.74, 6) is 0. The largest absolute Gasteiger partial charge is 0.313 e. The lowest BCUT2D eigenvalue weighted by molar-refractivity contribution is 0.601. The first-order valence-electron chi connectivity index (χ1n) is 5.81. The minimum atomic E-state index is -3.76. The SMILES string of the molecule is CCNCc1ccc(Cl)c(S(=O)(=O)Nc2nncs2)c1. The van der Waals surface area contributed by atoms with E-state index in [0.717, 1.165) is 23.4 Å². The van der Waals surface area contributed by atoms with Gasteiger partial charge in [-0.25, -0.2) is 8.42 Å². The van der Waals surface area contributed by atoms with Crippen LogP contribution in [0.25, 0.3) is 0 Å². The zero-order valence-corrected chi connectivity index (χ0v) is 13.0. The van der Waals surface area contributed by atoms with Crippen molar-refractivity contribution in [1.82, 2.24) is 15.5 Å². The van der Waals surface area contributed by atoms with E-state index in [2.05, 4.69) is 20.2 Å². The highest BCUT2D eigenvalue weighted by Crippen LogP contribution is 2.25. The molecule has 0 fully saturated rings. The van der Waals surface area contributed by atoms with Crippen LogP contribution in [0.1, 0.15) is 12.5 Å². The molecule has 1 heterocycles. The van der Waals surface area contributed by atoms with E-state index in [1.165, 1.54) is 5.51 Å². The number of nitrogens with one attached hydrogen (secondary N) is 2. The van der Waals surface area contributed by atoms with Crippen LogP contribution in [0.5, 0.6) is 0 Å². The summed E-state index contributed by atoms with van der Waals surface area (Å²) in [6.07, 6.45) is 0. The first-order chi connectivity index (χ1) is 9.53. The van der Waals surface area contributed by atoms with Gasteiger partial charge in [0, 0.05) is 6.54 Å². The number of hydrogen-bond donors (Lipinski definition) is 2. The van der Waals surface area contributed by atoms with Gasteiger partial charge in [-0.15, -0.1) is 10.2 Å². The number of hydrogen-bond acceptors (Lipinski definition) is 6. The van der Waals surface area contributed by atoms with Crippen molar-refractivity contribution in [3.05, 3.63) is 34.3 Å². The number of sulfonamides is 1. The number of nitrogens with zero attached hydrogens (tertiary/aromatic N) is 2. The smallest absolute Gasteiger partial charge is 0.265 e. The van der Waals surface area contributed by atoms with Crippen LogP contribution in [0.2, 0.25) is 5.02 Å². The fourth-order valence-electron chi connectivity index (χ4n) is 1.52.